The summed E-state index contributed by atoms with van der Waals surface area (Å²) in [5.41, 5.74) is 5.67. The molecule has 4 aliphatic rings. The first-order valence-corrected chi connectivity index (χ1v) is 11.8. The van der Waals surface area contributed by atoms with Gasteiger partial charge in [-0.15, -0.1) is 0 Å². The van der Waals surface area contributed by atoms with Crippen LogP contribution in [0.2, 0.25) is 0 Å². The second kappa shape index (κ2) is 7.27. The highest BCUT2D eigenvalue weighted by Crippen LogP contribution is 2.68. The molecule has 28 heavy (non-hydrogen) atoms. The summed E-state index contributed by atoms with van der Waals surface area (Å²) in [6, 6.07) is 0. The van der Waals surface area contributed by atoms with E-state index < -0.39 is 0 Å². The molecule has 7 unspecified atom stereocenters. The van der Waals surface area contributed by atoms with Crippen molar-refractivity contribution in [3.8, 4) is 0 Å². The van der Waals surface area contributed by atoms with Gasteiger partial charge < -0.3 is 15.9 Å². The minimum absolute atomic E-state index is 0.0182. The Morgan fingerprint density at radius 3 is 2.54 bits per heavy atom. The van der Waals surface area contributed by atoms with Crippen molar-refractivity contribution in [1.29, 1.82) is 0 Å². The number of aliphatic hydroxyl groups is 2. The predicted octanol–water partition coefficient (Wildman–Crippen LogP) is 3.88. The summed E-state index contributed by atoms with van der Waals surface area (Å²) in [6.07, 6.45) is 9.82. The third kappa shape index (κ3) is 3.05. The number of fused-ring (bicyclic) bond motifs is 5. The van der Waals surface area contributed by atoms with Gasteiger partial charge in [0.15, 0.2) is 0 Å². The van der Waals surface area contributed by atoms with Gasteiger partial charge in [0.05, 0.1) is 12.2 Å². The lowest BCUT2D eigenvalue weighted by molar-refractivity contribution is -0.174. The second-order valence-electron chi connectivity index (χ2n) is 11.4. The summed E-state index contributed by atoms with van der Waals surface area (Å²) in [5.74, 6) is 3.27. The van der Waals surface area contributed by atoms with E-state index in [1.807, 2.05) is 0 Å². The Morgan fingerprint density at radius 2 is 1.82 bits per heavy atom. The zero-order valence-electron chi connectivity index (χ0n) is 18.1. The van der Waals surface area contributed by atoms with Crippen molar-refractivity contribution in [2.45, 2.75) is 97.2 Å². The molecule has 0 aliphatic heterocycles. The van der Waals surface area contributed by atoms with E-state index in [2.05, 4.69) is 20.8 Å². The van der Waals surface area contributed by atoms with Gasteiger partial charge in [-0.05, 0) is 104 Å². The molecule has 0 aromatic heterocycles. The van der Waals surface area contributed by atoms with Gasteiger partial charge in [-0.2, -0.15) is 0 Å². The lowest BCUT2D eigenvalue weighted by Gasteiger charge is -2.62. The molecule has 4 saturated carbocycles. The largest absolute Gasteiger partial charge is 0.393 e. The molecule has 10 atom stereocenters. The first kappa shape index (κ1) is 20.7. The molecule has 0 radical (unpaired) electrons. The number of hydrogen-bond donors (Lipinski definition) is 3. The van der Waals surface area contributed by atoms with Gasteiger partial charge in [0.25, 0.3) is 0 Å². The van der Waals surface area contributed by atoms with E-state index in [1.54, 1.807) is 0 Å². The van der Waals surface area contributed by atoms with Crippen LogP contribution in [0.1, 0.15) is 85.0 Å². The van der Waals surface area contributed by atoms with Crippen LogP contribution >= 0.6 is 0 Å². The van der Waals surface area contributed by atoms with Gasteiger partial charge in [0, 0.05) is 6.42 Å². The second-order valence-corrected chi connectivity index (χ2v) is 11.4. The molecule has 0 spiro atoms. The quantitative estimate of drug-likeness (QED) is 0.680. The van der Waals surface area contributed by atoms with Crippen molar-refractivity contribution < 1.29 is 15.0 Å². The van der Waals surface area contributed by atoms with Crippen LogP contribution in [-0.4, -0.2) is 28.3 Å². The lowest BCUT2D eigenvalue weighted by Crippen LogP contribution is -2.58. The SMILES string of the molecule is C[C@H](CCC(N)=O)C1CC[C@H]2C3CCC4CC(O)CCC4(C)C3C[C@H](O)C12C. The summed E-state index contributed by atoms with van der Waals surface area (Å²) in [5, 5.41) is 21.7. The first-order chi connectivity index (χ1) is 13.2. The number of amides is 1. The number of rotatable bonds is 4. The molecule has 1 amide bonds. The summed E-state index contributed by atoms with van der Waals surface area (Å²) in [6.45, 7) is 7.09. The van der Waals surface area contributed by atoms with Crippen LogP contribution in [0.4, 0.5) is 0 Å². The van der Waals surface area contributed by atoms with Gasteiger partial charge in [0.2, 0.25) is 5.91 Å². The number of nitrogens with two attached hydrogens (primary N) is 1. The molecule has 0 saturated heterocycles. The van der Waals surface area contributed by atoms with E-state index >= 15 is 0 Å². The summed E-state index contributed by atoms with van der Waals surface area (Å²) in [4.78, 5) is 11.3. The predicted molar refractivity (Wildman–Crippen MR) is 110 cm³/mol. The maximum atomic E-state index is 11.5. The maximum Gasteiger partial charge on any atom is 0.217 e. The highest BCUT2D eigenvalue weighted by Gasteiger charge is 2.63. The minimum atomic E-state index is -0.246. The lowest BCUT2D eigenvalue weighted by atomic mass is 9.43. The van der Waals surface area contributed by atoms with E-state index in [0.29, 0.717) is 41.4 Å². The number of hydrogen-bond acceptors (Lipinski definition) is 3. The third-order valence-electron chi connectivity index (χ3n) is 10.3. The van der Waals surface area contributed by atoms with Crippen molar-refractivity contribution in [1.82, 2.24) is 0 Å². The molecule has 4 aliphatic carbocycles. The fourth-order valence-corrected chi connectivity index (χ4v) is 8.73. The van der Waals surface area contributed by atoms with Crippen LogP contribution in [0.25, 0.3) is 0 Å². The van der Waals surface area contributed by atoms with E-state index in [0.717, 1.165) is 38.0 Å². The third-order valence-corrected chi connectivity index (χ3v) is 10.3. The average molecular weight is 392 g/mol. The van der Waals surface area contributed by atoms with Crippen molar-refractivity contribution in [3.05, 3.63) is 0 Å². The maximum absolute atomic E-state index is 11.5. The smallest absolute Gasteiger partial charge is 0.217 e. The molecule has 0 bridgehead atoms. The van der Waals surface area contributed by atoms with Gasteiger partial charge in [-0.3, -0.25) is 4.79 Å². The van der Waals surface area contributed by atoms with E-state index in [1.165, 1.54) is 25.7 Å². The summed E-state index contributed by atoms with van der Waals surface area (Å²) < 4.78 is 0. The van der Waals surface area contributed by atoms with Crippen LogP contribution in [0.15, 0.2) is 0 Å². The summed E-state index contributed by atoms with van der Waals surface area (Å²) >= 11 is 0. The molecule has 4 heteroatoms. The minimum Gasteiger partial charge on any atom is -0.393 e. The number of aliphatic hydroxyl groups excluding tert-OH is 2. The Morgan fingerprint density at radius 1 is 1.07 bits per heavy atom. The Labute approximate surface area is 170 Å². The highest BCUT2D eigenvalue weighted by atomic mass is 16.3. The van der Waals surface area contributed by atoms with Crippen molar-refractivity contribution >= 4 is 5.91 Å². The van der Waals surface area contributed by atoms with Crippen molar-refractivity contribution in [2.75, 3.05) is 0 Å². The summed E-state index contributed by atoms with van der Waals surface area (Å²) in [7, 11) is 0. The zero-order valence-corrected chi connectivity index (χ0v) is 18.1. The Kier molecular flexibility index (Phi) is 5.36. The van der Waals surface area contributed by atoms with Crippen LogP contribution in [-0.2, 0) is 4.79 Å². The van der Waals surface area contributed by atoms with Gasteiger partial charge >= 0.3 is 0 Å². The monoisotopic (exact) mass is 391 g/mol. The number of primary amides is 1. The van der Waals surface area contributed by atoms with Gasteiger partial charge in [0.1, 0.15) is 0 Å². The molecule has 0 aromatic rings. The van der Waals surface area contributed by atoms with Crippen LogP contribution in [0.5, 0.6) is 0 Å². The zero-order chi connectivity index (χ0) is 20.3. The van der Waals surface area contributed by atoms with Crippen molar-refractivity contribution in [2.24, 2.45) is 52.1 Å². The number of carbonyl (C=O) groups excluding carboxylic acids is 1. The van der Waals surface area contributed by atoms with Crippen LogP contribution < -0.4 is 5.73 Å². The molecule has 0 heterocycles. The van der Waals surface area contributed by atoms with E-state index in [-0.39, 0.29) is 23.5 Å². The van der Waals surface area contributed by atoms with E-state index in [4.69, 9.17) is 5.73 Å². The average Bonchev–Trinajstić information content (AvgIpc) is 3.00. The Hall–Kier alpha value is -0.610. The van der Waals surface area contributed by atoms with Gasteiger partial charge in [-0.25, -0.2) is 0 Å². The van der Waals surface area contributed by atoms with Crippen LogP contribution in [0, 0.1) is 46.3 Å². The fraction of sp³-hybridized carbons (Fsp3) is 0.958. The molecular weight excluding hydrogens is 350 g/mol. The fourth-order valence-electron chi connectivity index (χ4n) is 8.73. The molecule has 4 N–H and O–H groups in total. The topological polar surface area (TPSA) is 83.6 Å². The molecule has 4 fully saturated rings. The van der Waals surface area contributed by atoms with Crippen molar-refractivity contribution in [3.63, 3.8) is 0 Å². The molecule has 4 rings (SSSR count). The van der Waals surface area contributed by atoms with E-state index in [9.17, 15) is 15.0 Å². The number of carbonyl (C=O) groups is 1. The molecule has 160 valence electrons. The van der Waals surface area contributed by atoms with Crippen LogP contribution in [0.3, 0.4) is 0 Å². The molecule has 4 nitrogen and oxygen atoms in total. The Balaban J connectivity index is 1.56. The standard InChI is InChI=1S/C24H41NO3/c1-14(4-9-22(25)28)18-7-8-19-17-6-5-15-12-16(26)10-11-23(15,2)20(17)13-21(27)24(18,19)3/h14-21,26-27H,4-13H2,1-3H3,(H2,25,28)/t14-,15?,16?,17?,18?,19+,20?,21+,23?,24?/m1/s1. The Bertz CT molecular complexity index is 609. The normalized spacial score (nSPS) is 51.7. The highest BCUT2D eigenvalue weighted by molar-refractivity contribution is 5.73. The van der Waals surface area contributed by atoms with Gasteiger partial charge in [-0.1, -0.05) is 20.8 Å². The molecular formula is C24H41NO3. The first-order valence-electron chi connectivity index (χ1n) is 11.8. The molecule has 0 aromatic carbocycles.